The lowest BCUT2D eigenvalue weighted by Crippen LogP contribution is -2.71. The van der Waals surface area contributed by atoms with Gasteiger partial charge in [0.05, 0.1) is 0 Å². The highest BCUT2D eigenvalue weighted by Gasteiger charge is 2.54. The number of rotatable bonds is 10. The van der Waals surface area contributed by atoms with Crippen molar-refractivity contribution >= 4 is 64.0 Å². The third-order valence-electron chi connectivity index (χ3n) is 5.59. The number of carbonyl (C=O) groups excluding carboxylic acids is 2. The lowest BCUT2D eigenvalue weighted by atomic mass is 10.0. The summed E-state index contributed by atoms with van der Waals surface area (Å²) >= 11 is 3.47. The van der Waals surface area contributed by atoms with Gasteiger partial charge in [-0.3, -0.25) is 19.9 Å². The van der Waals surface area contributed by atoms with Crippen molar-refractivity contribution in [3.05, 3.63) is 39.3 Å². The maximum atomic E-state index is 13.1. The molecule has 0 aliphatic carbocycles. The number of thioether (sulfide) groups is 2. The van der Waals surface area contributed by atoms with Crippen LogP contribution in [0.25, 0.3) is 5.65 Å². The van der Waals surface area contributed by atoms with E-state index >= 15 is 0 Å². The zero-order valence-electron chi connectivity index (χ0n) is 20.0. The van der Waals surface area contributed by atoms with Gasteiger partial charge in [-0.2, -0.15) is 4.73 Å². The van der Waals surface area contributed by atoms with Crippen molar-refractivity contribution in [2.45, 2.75) is 29.8 Å². The highest BCUT2D eigenvalue weighted by Crippen LogP contribution is 2.41. The van der Waals surface area contributed by atoms with Crippen LogP contribution in [-0.4, -0.2) is 98.2 Å². The summed E-state index contributed by atoms with van der Waals surface area (Å²) in [4.78, 5) is 44.4. The molecule has 2 aliphatic rings. The number of carboxylic acid groups (broad SMARTS) is 1. The van der Waals surface area contributed by atoms with E-state index in [1.54, 1.807) is 12.1 Å². The number of fused-ring (bicyclic) bond motifs is 2. The van der Waals surface area contributed by atoms with Gasteiger partial charge in [-0.25, -0.2) is 4.79 Å². The molecule has 204 valence electrons. The van der Waals surface area contributed by atoms with Crippen molar-refractivity contribution in [3.63, 3.8) is 0 Å². The van der Waals surface area contributed by atoms with Crippen molar-refractivity contribution in [2.24, 2.45) is 5.16 Å². The van der Waals surface area contributed by atoms with Gasteiger partial charge in [0.25, 0.3) is 11.8 Å². The minimum Gasteiger partial charge on any atom is -0.477 e. The number of β-lactam (4-membered cyclic amide) rings is 1. The average molecular weight is 593 g/mol. The number of aliphatic carboxylic acids is 1. The SMILES string of the molecule is CCCON=C(C(=O)N[C@@H]1C(=O)N2C(C(=O)O)=C(CSc3ccc4nnnn4n3)CS[C@@H]12)c1csc(=N)n1O. The minimum absolute atomic E-state index is 0.0718. The topological polar surface area (TPSA) is 213 Å². The molecule has 0 unspecified atom stereocenters. The molecule has 0 spiro atoms. The van der Waals surface area contributed by atoms with Crippen molar-refractivity contribution in [3.8, 4) is 0 Å². The normalized spacial score (nSPS) is 19.2. The number of carbonyl (C=O) groups is 3. The van der Waals surface area contributed by atoms with Crippen LogP contribution in [0.2, 0.25) is 0 Å². The summed E-state index contributed by atoms with van der Waals surface area (Å²) in [5.74, 6) is -2.08. The zero-order chi connectivity index (χ0) is 27.7. The molecule has 2 aliphatic heterocycles. The van der Waals surface area contributed by atoms with E-state index in [0.29, 0.717) is 33.2 Å². The first-order valence-corrected chi connectivity index (χ1v) is 14.2. The average Bonchev–Trinajstić information content (AvgIpc) is 3.53. The van der Waals surface area contributed by atoms with Gasteiger partial charge in [0, 0.05) is 16.9 Å². The van der Waals surface area contributed by atoms with Crippen molar-refractivity contribution in [1.82, 2.24) is 40.2 Å². The number of thiazole rings is 1. The fourth-order valence-electron chi connectivity index (χ4n) is 3.76. The number of aromatic nitrogens is 6. The number of nitrogens with zero attached hydrogens (tertiary/aromatic N) is 8. The van der Waals surface area contributed by atoms with Crippen LogP contribution < -0.4 is 10.1 Å². The van der Waals surface area contributed by atoms with Crippen molar-refractivity contribution < 1.29 is 29.5 Å². The highest BCUT2D eigenvalue weighted by atomic mass is 32.2. The van der Waals surface area contributed by atoms with Gasteiger partial charge in [-0.15, -0.1) is 49.7 Å². The molecule has 0 aromatic carbocycles. The minimum atomic E-state index is -1.25. The second kappa shape index (κ2) is 11.0. The summed E-state index contributed by atoms with van der Waals surface area (Å²) in [6, 6.07) is 2.38. The van der Waals surface area contributed by atoms with E-state index in [9.17, 15) is 24.7 Å². The molecule has 1 fully saturated rings. The van der Waals surface area contributed by atoms with E-state index in [2.05, 4.69) is 31.1 Å². The number of amides is 2. The van der Waals surface area contributed by atoms with Crippen molar-refractivity contribution in [1.29, 1.82) is 5.41 Å². The molecular formula is C20H20N10O6S3. The molecule has 1 saturated heterocycles. The fraction of sp³-hybridized carbons (Fsp3) is 0.350. The number of hydrogen-bond donors (Lipinski definition) is 4. The van der Waals surface area contributed by atoms with Crippen molar-refractivity contribution in [2.75, 3.05) is 18.1 Å². The summed E-state index contributed by atoms with van der Waals surface area (Å²) in [6.07, 6.45) is 0.618. The number of carboxylic acids is 1. The molecule has 39 heavy (non-hydrogen) atoms. The number of hydrogen-bond acceptors (Lipinski definition) is 14. The predicted molar refractivity (Wildman–Crippen MR) is 137 cm³/mol. The Balaban J connectivity index is 1.32. The van der Waals surface area contributed by atoms with E-state index in [1.807, 2.05) is 6.92 Å². The molecular weight excluding hydrogens is 572 g/mol. The van der Waals surface area contributed by atoms with Crippen LogP contribution in [-0.2, 0) is 19.2 Å². The summed E-state index contributed by atoms with van der Waals surface area (Å²) in [5.41, 5.74) is 0.486. The Bertz CT molecular complexity index is 1580. The monoisotopic (exact) mass is 592 g/mol. The molecule has 2 amide bonds. The van der Waals surface area contributed by atoms with E-state index in [0.717, 1.165) is 11.3 Å². The van der Waals surface area contributed by atoms with Crippen LogP contribution >= 0.6 is 34.9 Å². The molecule has 2 atom stereocenters. The van der Waals surface area contributed by atoms with E-state index in [1.165, 1.54) is 38.4 Å². The van der Waals surface area contributed by atoms with Crippen LogP contribution in [0, 0.1) is 5.41 Å². The van der Waals surface area contributed by atoms with Crippen LogP contribution in [0.4, 0.5) is 0 Å². The Labute approximate surface area is 231 Å². The molecule has 19 heteroatoms. The van der Waals surface area contributed by atoms with Gasteiger partial charge in [-0.1, -0.05) is 12.1 Å². The Morgan fingerprint density at radius 1 is 1.38 bits per heavy atom. The Morgan fingerprint density at radius 3 is 2.92 bits per heavy atom. The van der Waals surface area contributed by atoms with Crippen LogP contribution in [0.15, 0.2) is 39.0 Å². The Hall–Kier alpha value is -3.97. The molecule has 0 bridgehead atoms. The van der Waals surface area contributed by atoms with Gasteiger partial charge in [0.15, 0.2) is 11.4 Å². The first kappa shape index (κ1) is 26.6. The maximum Gasteiger partial charge on any atom is 0.352 e. The number of tetrazole rings is 1. The molecule has 5 rings (SSSR count). The third kappa shape index (κ3) is 5.06. The second-order valence-electron chi connectivity index (χ2n) is 8.12. The standard InChI is InChI=1S/C20H20N10O6S3/c1-2-5-36-25-13(10-8-39-20(21)29(10)35)16(31)22-14-17(32)28-15(19(33)34)9(7-38-18(14)28)6-37-12-4-3-11-23-26-27-30(11)24-12/h3-4,8,14,18,21,35H,2,5-7H2,1H3,(H,22,31)(H,33,34)/t14-,18+/m1/s1. The molecule has 4 N–H and O–H groups in total. The number of nitrogens with one attached hydrogen (secondary N) is 2. The summed E-state index contributed by atoms with van der Waals surface area (Å²) in [7, 11) is 0. The first-order valence-electron chi connectivity index (χ1n) is 11.3. The summed E-state index contributed by atoms with van der Waals surface area (Å²) in [6.45, 7) is 2.06. The quantitative estimate of drug-likeness (QED) is 0.0600. The fourth-order valence-corrected chi connectivity index (χ4v) is 6.73. The largest absolute Gasteiger partial charge is 0.477 e. The van der Waals surface area contributed by atoms with Crippen LogP contribution in [0.1, 0.15) is 19.0 Å². The number of oxime groups is 1. The molecule has 5 heterocycles. The van der Waals surface area contributed by atoms with Crippen LogP contribution in [0.3, 0.4) is 0 Å². The third-order valence-corrected chi connectivity index (χ3v) is 8.67. The lowest BCUT2D eigenvalue weighted by molar-refractivity contribution is -0.150. The van der Waals surface area contributed by atoms with Gasteiger partial charge in [0.1, 0.15) is 34.4 Å². The Morgan fingerprint density at radius 2 is 2.21 bits per heavy atom. The first-order chi connectivity index (χ1) is 18.8. The molecule has 3 aromatic heterocycles. The van der Waals surface area contributed by atoms with Gasteiger partial charge < -0.3 is 20.5 Å². The Kier molecular flexibility index (Phi) is 7.53. The summed E-state index contributed by atoms with van der Waals surface area (Å²) in [5, 5.41) is 50.7. The second-order valence-corrected chi connectivity index (χ2v) is 11.1. The van der Waals surface area contributed by atoms with Crippen LogP contribution in [0.5, 0.6) is 0 Å². The maximum absolute atomic E-state index is 13.1. The van der Waals surface area contributed by atoms with E-state index < -0.39 is 29.2 Å². The van der Waals surface area contributed by atoms with E-state index in [-0.39, 0.29) is 34.3 Å². The highest BCUT2D eigenvalue weighted by molar-refractivity contribution is 8.01. The smallest absolute Gasteiger partial charge is 0.352 e. The van der Waals surface area contributed by atoms with Gasteiger partial charge in [-0.05, 0) is 34.6 Å². The van der Waals surface area contributed by atoms with Gasteiger partial charge in [0.2, 0.25) is 4.80 Å². The molecule has 3 aromatic rings. The van der Waals surface area contributed by atoms with E-state index in [4.69, 9.17) is 10.2 Å². The lowest BCUT2D eigenvalue weighted by Gasteiger charge is -2.49. The molecule has 0 radical (unpaired) electrons. The predicted octanol–water partition coefficient (Wildman–Crippen LogP) is -0.239. The van der Waals surface area contributed by atoms with Gasteiger partial charge >= 0.3 is 5.97 Å². The zero-order valence-corrected chi connectivity index (χ0v) is 22.5. The molecule has 0 saturated carbocycles. The molecule has 16 nitrogen and oxygen atoms in total. The summed E-state index contributed by atoms with van der Waals surface area (Å²) < 4.78 is 1.75.